The average Bonchev–Trinajstić information content (AvgIpc) is 2.14. The Labute approximate surface area is 74.2 Å². The number of rotatable bonds is 4. The van der Waals surface area contributed by atoms with E-state index in [4.69, 9.17) is 0 Å². The van der Waals surface area contributed by atoms with E-state index in [1.165, 1.54) is 5.56 Å². The van der Waals surface area contributed by atoms with Crippen LogP contribution in [-0.4, -0.2) is 0 Å². The van der Waals surface area contributed by atoms with Crippen LogP contribution in [0.15, 0.2) is 49.1 Å². The zero-order valence-electron chi connectivity index (χ0n) is 7.11. The van der Waals surface area contributed by atoms with Crippen LogP contribution in [0.3, 0.4) is 0 Å². The molecule has 0 aliphatic carbocycles. The van der Waals surface area contributed by atoms with Crippen LogP contribution in [-0.2, 0) is 0 Å². The SMILES string of the molecule is C=CC[CH]C=Cc1ccccc1. The highest BCUT2D eigenvalue weighted by molar-refractivity contribution is 5.49. The van der Waals surface area contributed by atoms with E-state index >= 15 is 0 Å². The monoisotopic (exact) mass is 157 g/mol. The fourth-order valence-electron chi connectivity index (χ4n) is 0.918. The molecule has 0 bridgehead atoms. The van der Waals surface area contributed by atoms with Gasteiger partial charge in [-0.15, -0.1) is 6.58 Å². The van der Waals surface area contributed by atoms with Gasteiger partial charge in [-0.2, -0.15) is 0 Å². The van der Waals surface area contributed by atoms with E-state index in [-0.39, 0.29) is 0 Å². The van der Waals surface area contributed by atoms with Crippen molar-refractivity contribution in [3.05, 3.63) is 61.0 Å². The summed E-state index contributed by atoms with van der Waals surface area (Å²) in [6.45, 7) is 3.64. The van der Waals surface area contributed by atoms with Gasteiger partial charge in [-0.1, -0.05) is 48.6 Å². The van der Waals surface area contributed by atoms with Crippen molar-refractivity contribution >= 4 is 6.08 Å². The lowest BCUT2D eigenvalue weighted by Gasteiger charge is -1.89. The quantitative estimate of drug-likeness (QED) is 0.463. The highest BCUT2D eigenvalue weighted by atomic mass is 13.9. The normalized spacial score (nSPS) is 10.3. The van der Waals surface area contributed by atoms with Crippen molar-refractivity contribution in [3.63, 3.8) is 0 Å². The third kappa shape index (κ3) is 3.20. The molecule has 1 aromatic rings. The van der Waals surface area contributed by atoms with Gasteiger partial charge in [0, 0.05) is 0 Å². The van der Waals surface area contributed by atoms with Crippen LogP contribution in [0, 0.1) is 6.42 Å². The van der Waals surface area contributed by atoms with E-state index in [0.29, 0.717) is 0 Å². The van der Waals surface area contributed by atoms with Crippen molar-refractivity contribution in [2.45, 2.75) is 6.42 Å². The topological polar surface area (TPSA) is 0 Å². The van der Waals surface area contributed by atoms with Gasteiger partial charge in [0.2, 0.25) is 0 Å². The van der Waals surface area contributed by atoms with Gasteiger partial charge in [-0.3, -0.25) is 0 Å². The summed E-state index contributed by atoms with van der Waals surface area (Å²) in [6.07, 6.45) is 9.04. The minimum absolute atomic E-state index is 0.934. The van der Waals surface area contributed by atoms with Crippen LogP contribution in [0.5, 0.6) is 0 Å². The van der Waals surface area contributed by atoms with Crippen LogP contribution in [0.1, 0.15) is 12.0 Å². The number of unbranched alkanes of at least 4 members (excludes halogenated alkanes) is 1. The summed E-state index contributed by atoms with van der Waals surface area (Å²) in [5.74, 6) is 0. The average molecular weight is 157 g/mol. The zero-order valence-corrected chi connectivity index (χ0v) is 7.11. The van der Waals surface area contributed by atoms with Gasteiger partial charge >= 0.3 is 0 Å². The smallest absolute Gasteiger partial charge is 0.0130 e. The van der Waals surface area contributed by atoms with Crippen molar-refractivity contribution in [2.75, 3.05) is 0 Å². The molecule has 0 nitrogen and oxygen atoms in total. The van der Waals surface area contributed by atoms with Gasteiger partial charge < -0.3 is 0 Å². The standard InChI is InChI=1S/C12H13/c1-2-3-4-6-9-12-10-7-5-8-11-12/h2,4-11H,1,3H2. The first-order chi connectivity index (χ1) is 5.93. The van der Waals surface area contributed by atoms with Crippen LogP contribution in [0.2, 0.25) is 0 Å². The molecule has 0 atom stereocenters. The largest absolute Gasteiger partial charge is 0.103 e. The summed E-state index contributed by atoms with van der Waals surface area (Å²) in [7, 11) is 0. The van der Waals surface area contributed by atoms with E-state index < -0.39 is 0 Å². The van der Waals surface area contributed by atoms with Crippen molar-refractivity contribution < 1.29 is 0 Å². The third-order valence-corrected chi connectivity index (χ3v) is 1.53. The molecule has 61 valence electrons. The molecule has 0 heteroatoms. The van der Waals surface area contributed by atoms with Gasteiger partial charge in [0.25, 0.3) is 0 Å². The molecule has 0 fully saturated rings. The first-order valence-electron chi connectivity index (χ1n) is 4.09. The van der Waals surface area contributed by atoms with Gasteiger partial charge in [0.1, 0.15) is 0 Å². The third-order valence-electron chi connectivity index (χ3n) is 1.53. The fraction of sp³-hybridized carbons (Fsp3) is 0.0833. The molecular formula is C12H13. The van der Waals surface area contributed by atoms with Crippen LogP contribution >= 0.6 is 0 Å². The molecule has 0 N–H and O–H groups in total. The van der Waals surface area contributed by atoms with Crippen LogP contribution < -0.4 is 0 Å². The molecular weight excluding hydrogens is 144 g/mol. The summed E-state index contributed by atoms with van der Waals surface area (Å²) in [6, 6.07) is 10.3. The Morgan fingerprint density at radius 2 is 1.92 bits per heavy atom. The lowest BCUT2D eigenvalue weighted by Crippen LogP contribution is -1.69. The van der Waals surface area contributed by atoms with Crippen molar-refractivity contribution in [1.29, 1.82) is 0 Å². The second-order valence-corrected chi connectivity index (χ2v) is 2.53. The van der Waals surface area contributed by atoms with Gasteiger partial charge in [0.15, 0.2) is 0 Å². The van der Waals surface area contributed by atoms with E-state index in [0.717, 1.165) is 6.42 Å². The molecule has 0 heterocycles. The summed E-state index contributed by atoms with van der Waals surface area (Å²) in [4.78, 5) is 0. The predicted molar refractivity (Wildman–Crippen MR) is 54.6 cm³/mol. The second-order valence-electron chi connectivity index (χ2n) is 2.53. The predicted octanol–water partition coefficient (Wildman–Crippen LogP) is 3.48. The number of hydrogen-bond acceptors (Lipinski definition) is 0. The van der Waals surface area contributed by atoms with Crippen molar-refractivity contribution in [1.82, 2.24) is 0 Å². The Kier molecular flexibility index (Phi) is 3.93. The molecule has 0 unspecified atom stereocenters. The molecule has 1 radical (unpaired) electrons. The van der Waals surface area contributed by atoms with E-state index in [1.807, 2.05) is 24.3 Å². The van der Waals surface area contributed by atoms with E-state index in [9.17, 15) is 0 Å². The lowest BCUT2D eigenvalue weighted by molar-refractivity contribution is 1.30. The highest BCUT2D eigenvalue weighted by Crippen LogP contribution is 2.02. The fourth-order valence-corrected chi connectivity index (χ4v) is 0.918. The van der Waals surface area contributed by atoms with Crippen LogP contribution in [0.25, 0.3) is 6.08 Å². The molecule has 0 aliphatic rings. The summed E-state index contributed by atoms with van der Waals surface area (Å²) in [5.41, 5.74) is 1.23. The summed E-state index contributed by atoms with van der Waals surface area (Å²) < 4.78 is 0. The Morgan fingerprint density at radius 3 is 2.58 bits per heavy atom. The first kappa shape index (κ1) is 8.79. The highest BCUT2D eigenvalue weighted by Gasteiger charge is 1.81. The van der Waals surface area contributed by atoms with Crippen molar-refractivity contribution in [2.24, 2.45) is 0 Å². The van der Waals surface area contributed by atoms with Crippen LogP contribution in [0.4, 0.5) is 0 Å². The Bertz CT molecular complexity index is 244. The summed E-state index contributed by atoms with van der Waals surface area (Å²) in [5, 5.41) is 0. The number of allylic oxidation sites excluding steroid dienone is 2. The van der Waals surface area contributed by atoms with Gasteiger partial charge in [-0.05, 0) is 18.4 Å². The lowest BCUT2D eigenvalue weighted by atomic mass is 10.2. The molecule has 0 aromatic heterocycles. The molecule has 1 aromatic carbocycles. The first-order valence-corrected chi connectivity index (χ1v) is 4.09. The Hall–Kier alpha value is -1.30. The van der Waals surface area contributed by atoms with Gasteiger partial charge in [-0.25, -0.2) is 0 Å². The Balaban J connectivity index is 2.41. The van der Waals surface area contributed by atoms with Gasteiger partial charge in [0.05, 0.1) is 0 Å². The maximum Gasteiger partial charge on any atom is -0.0130 e. The van der Waals surface area contributed by atoms with E-state index in [1.54, 1.807) is 0 Å². The molecule has 0 aliphatic heterocycles. The molecule has 0 spiro atoms. The zero-order chi connectivity index (χ0) is 8.65. The number of benzene rings is 1. The molecule has 0 saturated carbocycles. The molecule has 0 saturated heterocycles. The molecule has 1 rings (SSSR count). The number of hydrogen-bond donors (Lipinski definition) is 0. The molecule has 0 amide bonds. The second kappa shape index (κ2) is 5.36. The summed E-state index contributed by atoms with van der Waals surface area (Å²) >= 11 is 0. The minimum atomic E-state index is 0.934. The minimum Gasteiger partial charge on any atom is -0.103 e. The Morgan fingerprint density at radius 1 is 1.17 bits per heavy atom. The van der Waals surface area contributed by atoms with E-state index in [2.05, 4.69) is 37.3 Å². The maximum atomic E-state index is 3.64. The molecule has 12 heavy (non-hydrogen) atoms. The van der Waals surface area contributed by atoms with Crippen molar-refractivity contribution in [3.8, 4) is 0 Å². The maximum absolute atomic E-state index is 3.64.